The number of nitrogens with zero attached hydrogens (tertiary/aromatic N) is 1. The van der Waals surface area contributed by atoms with Crippen LogP contribution in [-0.4, -0.2) is 61.5 Å². The topological polar surface area (TPSA) is 125 Å². The van der Waals surface area contributed by atoms with Crippen molar-refractivity contribution < 1.29 is 29.0 Å². The first-order chi connectivity index (χ1) is 17.3. The fourth-order valence-electron chi connectivity index (χ4n) is 4.48. The lowest BCUT2D eigenvalue weighted by Crippen LogP contribution is -2.71. The number of hydrogen-bond acceptors (Lipinski definition) is 6. The molecule has 2 aliphatic rings. The summed E-state index contributed by atoms with van der Waals surface area (Å²) in [6, 6.07) is 12.2. The third kappa shape index (κ3) is 5.26. The molecule has 4 rings (SSSR count). The van der Waals surface area contributed by atoms with Crippen LogP contribution < -0.4 is 15.4 Å². The highest BCUT2D eigenvalue weighted by atomic mass is 35.5. The van der Waals surface area contributed by atoms with Gasteiger partial charge in [-0.1, -0.05) is 41.9 Å². The molecule has 2 aromatic rings. The Labute approximate surface area is 223 Å². The molecular weight excluding hydrogens is 518 g/mol. The van der Waals surface area contributed by atoms with Crippen LogP contribution in [0.3, 0.4) is 0 Å². The summed E-state index contributed by atoms with van der Waals surface area (Å²) in [5.74, 6) is -2.25. The molecule has 2 heterocycles. The van der Waals surface area contributed by atoms with Crippen molar-refractivity contribution >= 4 is 47.1 Å². The summed E-state index contributed by atoms with van der Waals surface area (Å²) in [4.78, 5) is 52.6. The van der Waals surface area contributed by atoms with Crippen molar-refractivity contribution in [2.45, 2.75) is 61.5 Å². The molecule has 3 amide bonds. The highest BCUT2D eigenvalue weighted by molar-refractivity contribution is 8.01. The third-order valence-electron chi connectivity index (χ3n) is 6.38. The van der Waals surface area contributed by atoms with Gasteiger partial charge in [0.15, 0.2) is 5.60 Å². The number of fused-ring (bicyclic) bond motifs is 1. The third-order valence-corrected chi connectivity index (χ3v) is 8.20. The van der Waals surface area contributed by atoms with Crippen LogP contribution in [0.1, 0.15) is 39.3 Å². The van der Waals surface area contributed by atoms with E-state index in [1.807, 2.05) is 0 Å². The molecule has 0 saturated carbocycles. The number of nitrogens with one attached hydrogen (secondary N) is 2. The van der Waals surface area contributed by atoms with E-state index in [1.54, 1.807) is 82.3 Å². The van der Waals surface area contributed by atoms with Crippen molar-refractivity contribution in [2.24, 2.45) is 0 Å². The zero-order valence-electron chi connectivity index (χ0n) is 20.7. The number of carboxylic acid groups (broad SMARTS) is 1. The fourth-order valence-corrected chi connectivity index (χ4v) is 6.23. The molecule has 0 radical (unpaired) electrons. The predicted molar refractivity (Wildman–Crippen MR) is 139 cm³/mol. The predicted octanol–water partition coefficient (Wildman–Crippen LogP) is 2.99. The van der Waals surface area contributed by atoms with Crippen LogP contribution in [0.15, 0.2) is 54.6 Å². The lowest BCUT2D eigenvalue weighted by Gasteiger charge is -2.44. The van der Waals surface area contributed by atoms with Gasteiger partial charge in [0.1, 0.15) is 29.2 Å². The highest BCUT2D eigenvalue weighted by Gasteiger charge is 2.64. The second-order valence-corrected chi connectivity index (χ2v) is 12.2. The number of carbonyl (C=O) groups excluding carboxylic acids is 3. The molecule has 3 N–H and O–H groups in total. The molecular formula is C26H28ClN3O6S. The van der Waals surface area contributed by atoms with Gasteiger partial charge in [-0.25, -0.2) is 4.79 Å². The molecule has 196 valence electrons. The number of thioether (sulfide) groups is 1. The van der Waals surface area contributed by atoms with Gasteiger partial charge in [-0.15, -0.1) is 11.8 Å². The molecule has 2 fully saturated rings. The summed E-state index contributed by atoms with van der Waals surface area (Å²) >= 11 is 7.25. The maximum absolute atomic E-state index is 13.4. The van der Waals surface area contributed by atoms with Crippen LogP contribution in [0.25, 0.3) is 0 Å². The average molecular weight is 546 g/mol. The average Bonchev–Trinajstić information content (AvgIpc) is 3.10. The van der Waals surface area contributed by atoms with Crippen molar-refractivity contribution in [2.75, 3.05) is 0 Å². The first-order valence-corrected chi connectivity index (χ1v) is 12.9. The second kappa shape index (κ2) is 9.90. The molecule has 2 saturated heterocycles. The van der Waals surface area contributed by atoms with E-state index in [2.05, 4.69) is 10.6 Å². The van der Waals surface area contributed by atoms with Gasteiger partial charge in [0.2, 0.25) is 11.8 Å². The number of rotatable bonds is 8. The summed E-state index contributed by atoms with van der Waals surface area (Å²) in [6.45, 7) is 6.68. The van der Waals surface area contributed by atoms with E-state index >= 15 is 0 Å². The molecule has 0 bridgehead atoms. The van der Waals surface area contributed by atoms with Gasteiger partial charge in [-0.3, -0.25) is 14.4 Å². The lowest BCUT2D eigenvalue weighted by atomic mass is 9.95. The Hall–Kier alpha value is -3.24. The summed E-state index contributed by atoms with van der Waals surface area (Å²) in [5.41, 5.74) is -0.827. The standard InChI is InChI=1S/C26H28ClN3O6S/c1-25(2,36-16-12-10-15(27)11-13-16)24(35)29-17(14-8-6-5-7-9-14)20(31)28-18-21(32)30-19(23(33)34)26(3,4)37-22(18)30/h5-13,17-19,22H,1-4H3,(H,28,31)(H,29,35)(H,33,34)/t17-,18?,19+,22-/m1/s1. The van der Waals surface area contributed by atoms with Gasteiger partial charge in [-0.05, 0) is 57.5 Å². The van der Waals surface area contributed by atoms with Crippen LogP contribution in [0.5, 0.6) is 5.75 Å². The Morgan fingerprint density at radius 2 is 1.73 bits per heavy atom. The number of benzene rings is 2. The molecule has 0 spiro atoms. The van der Waals surface area contributed by atoms with E-state index in [-0.39, 0.29) is 0 Å². The Balaban J connectivity index is 1.51. The Morgan fingerprint density at radius 1 is 1.11 bits per heavy atom. The van der Waals surface area contributed by atoms with Crippen LogP contribution in [0.4, 0.5) is 0 Å². The summed E-state index contributed by atoms with van der Waals surface area (Å²) in [5, 5.41) is 15.1. The van der Waals surface area contributed by atoms with E-state index in [0.717, 1.165) is 0 Å². The summed E-state index contributed by atoms with van der Waals surface area (Å²) in [6.07, 6.45) is 0. The van der Waals surface area contributed by atoms with E-state index in [0.29, 0.717) is 16.3 Å². The molecule has 2 aliphatic heterocycles. The van der Waals surface area contributed by atoms with E-state index in [9.17, 15) is 24.3 Å². The van der Waals surface area contributed by atoms with Gasteiger partial charge in [-0.2, -0.15) is 0 Å². The largest absolute Gasteiger partial charge is 0.480 e. The maximum Gasteiger partial charge on any atom is 0.327 e. The molecule has 2 aromatic carbocycles. The number of halogens is 1. The van der Waals surface area contributed by atoms with Crippen LogP contribution in [0, 0.1) is 0 Å². The van der Waals surface area contributed by atoms with Crippen LogP contribution in [0.2, 0.25) is 5.02 Å². The molecule has 0 aliphatic carbocycles. The number of hydrogen-bond donors (Lipinski definition) is 3. The van der Waals surface area contributed by atoms with Gasteiger partial charge >= 0.3 is 5.97 Å². The van der Waals surface area contributed by atoms with Crippen molar-refractivity contribution in [1.29, 1.82) is 0 Å². The molecule has 1 unspecified atom stereocenters. The quantitative estimate of drug-likeness (QED) is 0.435. The van der Waals surface area contributed by atoms with E-state index in [4.69, 9.17) is 16.3 Å². The van der Waals surface area contributed by atoms with Crippen molar-refractivity contribution in [3.05, 3.63) is 65.2 Å². The molecule has 4 atom stereocenters. The SMILES string of the molecule is CC(C)(Oc1ccc(Cl)cc1)C(=O)N[C@@H](C(=O)NC1C(=O)N2[C@@H]1SC(C)(C)[C@@H]2C(=O)O)c1ccccc1. The number of carbonyl (C=O) groups is 4. The molecule has 9 nitrogen and oxygen atoms in total. The number of ether oxygens (including phenoxy) is 1. The Kier molecular flexibility index (Phi) is 7.18. The van der Waals surface area contributed by atoms with E-state index < -0.39 is 57.5 Å². The highest BCUT2D eigenvalue weighted by Crippen LogP contribution is 2.50. The number of amides is 3. The van der Waals surface area contributed by atoms with Crippen LogP contribution in [-0.2, 0) is 19.2 Å². The van der Waals surface area contributed by atoms with Crippen molar-refractivity contribution in [3.63, 3.8) is 0 Å². The van der Waals surface area contributed by atoms with E-state index in [1.165, 1.54) is 16.7 Å². The maximum atomic E-state index is 13.4. The number of β-lactam (4-membered cyclic amide) rings is 1. The zero-order valence-corrected chi connectivity index (χ0v) is 22.3. The van der Waals surface area contributed by atoms with Gasteiger partial charge < -0.3 is 25.4 Å². The van der Waals surface area contributed by atoms with Gasteiger partial charge in [0.25, 0.3) is 5.91 Å². The normalized spacial score (nSPS) is 22.9. The van der Waals surface area contributed by atoms with Crippen molar-refractivity contribution in [1.82, 2.24) is 15.5 Å². The summed E-state index contributed by atoms with van der Waals surface area (Å²) < 4.78 is 5.14. The molecule has 11 heteroatoms. The lowest BCUT2D eigenvalue weighted by molar-refractivity contribution is -0.161. The monoisotopic (exact) mass is 545 g/mol. The number of carboxylic acids is 1. The summed E-state index contributed by atoms with van der Waals surface area (Å²) in [7, 11) is 0. The fraction of sp³-hybridized carbons (Fsp3) is 0.385. The Bertz CT molecular complexity index is 1220. The smallest absolute Gasteiger partial charge is 0.327 e. The van der Waals surface area contributed by atoms with Gasteiger partial charge in [0, 0.05) is 9.77 Å². The molecule has 0 aromatic heterocycles. The Morgan fingerprint density at radius 3 is 2.32 bits per heavy atom. The zero-order chi connectivity index (χ0) is 27.1. The minimum Gasteiger partial charge on any atom is -0.480 e. The first kappa shape index (κ1) is 26.8. The minimum absolute atomic E-state index is 0.430. The second-order valence-electron chi connectivity index (χ2n) is 9.97. The number of aliphatic carboxylic acids is 1. The minimum atomic E-state index is -1.34. The van der Waals surface area contributed by atoms with Gasteiger partial charge in [0.05, 0.1) is 0 Å². The molecule has 37 heavy (non-hydrogen) atoms. The van der Waals surface area contributed by atoms with Crippen LogP contribution >= 0.6 is 23.4 Å². The first-order valence-electron chi connectivity index (χ1n) is 11.7. The van der Waals surface area contributed by atoms with Crippen molar-refractivity contribution in [3.8, 4) is 5.75 Å².